The number of nitrogens with one attached hydrogen (secondary N) is 1. The first-order chi connectivity index (χ1) is 8.33. The fourth-order valence-corrected chi connectivity index (χ4v) is 2.37. The minimum Gasteiger partial charge on any atom is -0.468 e. The molecule has 0 aliphatic carbocycles. The van der Waals surface area contributed by atoms with Crippen molar-refractivity contribution in [3.05, 3.63) is 23.7 Å². The number of piperidine rings is 1. The molecule has 1 aliphatic rings. The number of hydrogen-bond acceptors (Lipinski definition) is 4. The fraction of sp³-hybridized carbons (Fsp3) is 0.692. The quantitative estimate of drug-likeness (QED) is 0.845. The molecule has 1 aliphatic heterocycles. The zero-order valence-corrected chi connectivity index (χ0v) is 10.7. The van der Waals surface area contributed by atoms with Crippen LogP contribution in [0.1, 0.15) is 24.2 Å². The molecule has 4 heteroatoms. The number of rotatable bonds is 5. The molecule has 17 heavy (non-hydrogen) atoms. The summed E-state index contributed by atoms with van der Waals surface area (Å²) in [5.41, 5.74) is 1.30. The van der Waals surface area contributed by atoms with Crippen LogP contribution in [0.3, 0.4) is 0 Å². The molecule has 1 aromatic heterocycles. The van der Waals surface area contributed by atoms with Crippen molar-refractivity contribution in [2.75, 3.05) is 27.2 Å². The van der Waals surface area contributed by atoms with Crippen LogP contribution >= 0.6 is 0 Å². The van der Waals surface area contributed by atoms with E-state index in [1.165, 1.54) is 5.56 Å². The Morgan fingerprint density at radius 3 is 2.88 bits per heavy atom. The highest BCUT2D eigenvalue weighted by Gasteiger charge is 2.19. The van der Waals surface area contributed by atoms with Gasteiger partial charge in [-0.2, -0.15) is 0 Å². The molecule has 4 nitrogen and oxygen atoms in total. The minimum atomic E-state index is 0.451. The lowest BCUT2D eigenvalue weighted by atomic mass is 10.1. The van der Waals surface area contributed by atoms with Gasteiger partial charge in [-0.15, -0.1) is 0 Å². The first-order valence-electron chi connectivity index (χ1n) is 6.28. The lowest BCUT2D eigenvalue weighted by Crippen LogP contribution is -2.36. The van der Waals surface area contributed by atoms with Crippen molar-refractivity contribution in [2.45, 2.75) is 32.0 Å². The predicted octanol–water partition coefficient (Wildman–Crippen LogP) is 1.61. The van der Waals surface area contributed by atoms with Gasteiger partial charge < -0.3 is 14.5 Å². The monoisotopic (exact) mass is 238 g/mol. The van der Waals surface area contributed by atoms with Gasteiger partial charge >= 0.3 is 0 Å². The highest BCUT2D eigenvalue weighted by molar-refractivity contribution is 5.16. The number of ether oxygens (including phenoxy) is 1. The average molecular weight is 238 g/mol. The van der Waals surface area contributed by atoms with Gasteiger partial charge in [0.1, 0.15) is 5.76 Å². The van der Waals surface area contributed by atoms with Gasteiger partial charge in [0, 0.05) is 32.3 Å². The van der Waals surface area contributed by atoms with E-state index in [9.17, 15) is 0 Å². The van der Waals surface area contributed by atoms with Gasteiger partial charge in [-0.1, -0.05) is 0 Å². The van der Waals surface area contributed by atoms with Gasteiger partial charge in [-0.05, 0) is 26.0 Å². The SMILES string of the molecule is CNCc1occc1CN1CCC(OC)CC1. The molecule has 0 atom stereocenters. The molecule has 96 valence electrons. The Hall–Kier alpha value is -0.840. The highest BCUT2D eigenvalue weighted by atomic mass is 16.5. The van der Waals surface area contributed by atoms with Gasteiger partial charge in [-0.3, -0.25) is 4.90 Å². The van der Waals surface area contributed by atoms with Gasteiger partial charge in [-0.25, -0.2) is 0 Å². The summed E-state index contributed by atoms with van der Waals surface area (Å²) < 4.78 is 10.9. The molecular formula is C13H22N2O2. The second-order valence-electron chi connectivity index (χ2n) is 4.61. The predicted molar refractivity (Wildman–Crippen MR) is 66.8 cm³/mol. The zero-order valence-electron chi connectivity index (χ0n) is 10.7. The van der Waals surface area contributed by atoms with Crippen molar-refractivity contribution in [2.24, 2.45) is 0 Å². The van der Waals surface area contributed by atoms with Crippen LogP contribution in [0.4, 0.5) is 0 Å². The smallest absolute Gasteiger partial charge is 0.122 e. The van der Waals surface area contributed by atoms with Gasteiger partial charge in [0.25, 0.3) is 0 Å². The van der Waals surface area contributed by atoms with E-state index in [2.05, 4.69) is 16.3 Å². The molecule has 1 aromatic rings. The molecule has 1 fully saturated rings. The number of methoxy groups -OCH3 is 1. The summed E-state index contributed by atoms with van der Waals surface area (Å²) in [7, 11) is 3.75. The van der Waals surface area contributed by atoms with Crippen LogP contribution in [-0.4, -0.2) is 38.3 Å². The van der Waals surface area contributed by atoms with Crippen LogP contribution in [0.5, 0.6) is 0 Å². The zero-order chi connectivity index (χ0) is 12.1. The maximum Gasteiger partial charge on any atom is 0.122 e. The Bertz CT molecular complexity index is 330. The van der Waals surface area contributed by atoms with Gasteiger partial charge in [0.2, 0.25) is 0 Å². The fourth-order valence-electron chi connectivity index (χ4n) is 2.37. The van der Waals surface area contributed by atoms with E-state index in [0.717, 1.165) is 44.8 Å². The summed E-state index contributed by atoms with van der Waals surface area (Å²) in [5, 5.41) is 3.13. The number of furan rings is 1. The van der Waals surface area contributed by atoms with Crippen molar-refractivity contribution in [3.63, 3.8) is 0 Å². The molecule has 2 heterocycles. The summed E-state index contributed by atoms with van der Waals surface area (Å²) in [5.74, 6) is 1.06. The van der Waals surface area contributed by atoms with Gasteiger partial charge in [0.15, 0.2) is 0 Å². The van der Waals surface area contributed by atoms with Crippen LogP contribution < -0.4 is 5.32 Å². The first kappa shape index (κ1) is 12.6. The summed E-state index contributed by atoms with van der Waals surface area (Å²) >= 11 is 0. The van der Waals surface area contributed by atoms with E-state index in [1.807, 2.05) is 7.05 Å². The summed E-state index contributed by atoms with van der Waals surface area (Å²) in [4.78, 5) is 2.47. The van der Waals surface area contributed by atoms with Crippen LogP contribution in [-0.2, 0) is 17.8 Å². The van der Waals surface area contributed by atoms with Crippen LogP contribution in [0.15, 0.2) is 16.7 Å². The second-order valence-corrected chi connectivity index (χ2v) is 4.61. The Balaban J connectivity index is 1.86. The Morgan fingerprint density at radius 1 is 1.47 bits per heavy atom. The molecule has 2 rings (SSSR count). The van der Waals surface area contributed by atoms with Crippen molar-refractivity contribution in [1.29, 1.82) is 0 Å². The topological polar surface area (TPSA) is 37.6 Å². The number of hydrogen-bond donors (Lipinski definition) is 1. The molecule has 0 aromatic carbocycles. The van der Waals surface area contributed by atoms with E-state index >= 15 is 0 Å². The maximum atomic E-state index is 5.48. The molecular weight excluding hydrogens is 216 g/mol. The number of likely N-dealkylation sites (tertiary alicyclic amines) is 1. The van der Waals surface area contributed by atoms with Crippen molar-refractivity contribution >= 4 is 0 Å². The minimum absolute atomic E-state index is 0.451. The Kier molecular flexibility index (Phi) is 4.59. The highest BCUT2D eigenvalue weighted by Crippen LogP contribution is 2.18. The maximum absolute atomic E-state index is 5.48. The molecule has 1 N–H and O–H groups in total. The third-order valence-electron chi connectivity index (χ3n) is 3.44. The number of nitrogens with zero attached hydrogens (tertiary/aromatic N) is 1. The lowest BCUT2D eigenvalue weighted by molar-refractivity contribution is 0.0387. The largest absolute Gasteiger partial charge is 0.468 e. The lowest BCUT2D eigenvalue weighted by Gasteiger charge is -2.31. The van der Waals surface area contributed by atoms with E-state index in [4.69, 9.17) is 9.15 Å². The molecule has 1 saturated heterocycles. The average Bonchev–Trinajstić information content (AvgIpc) is 2.78. The molecule has 0 unspecified atom stereocenters. The summed E-state index contributed by atoms with van der Waals surface area (Å²) in [6, 6.07) is 2.08. The van der Waals surface area contributed by atoms with E-state index in [1.54, 1.807) is 13.4 Å². The molecule has 0 radical (unpaired) electrons. The third-order valence-corrected chi connectivity index (χ3v) is 3.44. The standard InChI is InChI=1S/C13H22N2O2/c1-14-9-13-11(5-8-17-13)10-15-6-3-12(16-2)4-7-15/h5,8,12,14H,3-4,6-7,9-10H2,1-2H3. The Morgan fingerprint density at radius 2 is 2.24 bits per heavy atom. The second kappa shape index (κ2) is 6.19. The van der Waals surface area contributed by atoms with Crippen LogP contribution in [0.25, 0.3) is 0 Å². The van der Waals surface area contributed by atoms with E-state index < -0.39 is 0 Å². The molecule has 0 saturated carbocycles. The van der Waals surface area contributed by atoms with E-state index in [-0.39, 0.29) is 0 Å². The summed E-state index contributed by atoms with van der Waals surface area (Å²) in [6.45, 7) is 4.02. The normalized spacial score (nSPS) is 18.7. The third kappa shape index (κ3) is 3.31. The van der Waals surface area contributed by atoms with Crippen LogP contribution in [0.2, 0.25) is 0 Å². The van der Waals surface area contributed by atoms with E-state index in [0.29, 0.717) is 6.10 Å². The van der Waals surface area contributed by atoms with Crippen molar-refractivity contribution < 1.29 is 9.15 Å². The summed E-state index contributed by atoms with van der Waals surface area (Å²) in [6.07, 6.45) is 4.50. The van der Waals surface area contributed by atoms with Crippen molar-refractivity contribution in [1.82, 2.24) is 10.2 Å². The first-order valence-corrected chi connectivity index (χ1v) is 6.28. The van der Waals surface area contributed by atoms with Gasteiger partial charge in [0.05, 0.1) is 18.9 Å². The molecule has 0 amide bonds. The molecule has 0 spiro atoms. The molecule has 0 bridgehead atoms. The van der Waals surface area contributed by atoms with Crippen molar-refractivity contribution in [3.8, 4) is 0 Å². The Labute approximate surface area is 103 Å². The van der Waals surface area contributed by atoms with Crippen LogP contribution in [0, 0.1) is 0 Å².